The molecule has 0 atom stereocenters. The molecule has 0 spiro atoms. The number of nitrogens with zero attached hydrogens (tertiary/aromatic N) is 1. The highest BCUT2D eigenvalue weighted by atomic mass is 19.3. The van der Waals surface area contributed by atoms with E-state index in [9.17, 15) is 17.6 Å². The van der Waals surface area contributed by atoms with Crippen molar-refractivity contribution >= 4 is 0 Å². The second-order valence-electron chi connectivity index (χ2n) is 2.16. The van der Waals surface area contributed by atoms with Crippen molar-refractivity contribution < 1.29 is 22.3 Å². The minimum Gasteiger partial charge on any atom is -0.481 e. The molecule has 6 heteroatoms. The van der Waals surface area contributed by atoms with Crippen LogP contribution in [0.2, 0.25) is 0 Å². The molecule has 0 aliphatic carbocycles. The van der Waals surface area contributed by atoms with E-state index >= 15 is 0 Å². The van der Waals surface area contributed by atoms with Gasteiger partial charge in [-0.1, -0.05) is 0 Å². The van der Waals surface area contributed by atoms with Crippen LogP contribution >= 0.6 is 0 Å². The molecule has 0 saturated carbocycles. The third kappa shape index (κ3) is 1.88. The van der Waals surface area contributed by atoms with Gasteiger partial charge in [-0.15, -0.1) is 0 Å². The molecule has 0 aromatic carbocycles. The van der Waals surface area contributed by atoms with E-state index in [2.05, 4.69) is 9.72 Å². The maximum absolute atomic E-state index is 12.4. The van der Waals surface area contributed by atoms with Crippen LogP contribution in [0.1, 0.15) is 12.0 Å². The fourth-order valence-corrected chi connectivity index (χ4v) is 0.785. The van der Waals surface area contributed by atoms with Crippen LogP contribution in [0.15, 0.2) is 6.07 Å². The smallest absolute Gasteiger partial charge is 0.269 e. The molecule has 2 nitrogen and oxygen atoms in total. The number of ether oxygens (including phenoxy) is 1. The number of hydrogen-bond acceptors (Lipinski definition) is 2. The van der Waals surface area contributed by atoms with Crippen molar-refractivity contribution in [1.29, 1.82) is 0 Å². The molecule has 1 aromatic rings. The van der Waals surface area contributed by atoms with E-state index in [0.29, 0.717) is 6.07 Å². The number of halogens is 4. The molecule has 1 heterocycles. The van der Waals surface area contributed by atoms with Gasteiger partial charge in [0.2, 0.25) is 5.88 Å². The minimum atomic E-state index is -2.95. The van der Waals surface area contributed by atoms with Crippen LogP contribution in [0.5, 0.6) is 5.88 Å². The van der Waals surface area contributed by atoms with Crippen molar-refractivity contribution in [3.63, 3.8) is 0 Å². The number of hydrogen-bond donors (Lipinski definition) is 0. The maximum Gasteiger partial charge on any atom is 0.269 e. The lowest BCUT2D eigenvalue weighted by molar-refractivity contribution is 0.144. The van der Waals surface area contributed by atoms with Crippen LogP contribution in [0.25, 0.3) is 0 Å². The molecule has 0 amide bonds. The third-order valence-electron chi connectivity index (χ3n) is 1.35. The lowest BCUT2D eigenvalue weighted by atomic mass is 10.3. The summed E-state index contributed by atoms with van der Waals surface area (Å²) in [6, 6.07) is 0.367. The fourth-order valence-electron chi connectivity index (χ4n) is 0.785. The van der Waals surface area contributed by atoms with Crippen LogP contribution in [0.3, 0.4) is 0 Å². The number of rotatable bonds is 2. The molecule has 1 aromatic heterocycles. The normalized spacial score (nSPS) is 10.6. The molecule has 0 unspecified atom stereocenters. The monoisotopic (exact) mass is 195 g/mol. The Bertz CT molecular complexity index is 316. The number of methoxy groups -OCH3 is 1. The van der Waals surface area contributed by atoms with Crippen LogP contribution in [0, 0.1) is 11.8 Å². The van der Waals surface area contributed by atoms with Gasteiger partial charge in [-0.2, -0.15) is 9.37 Å². The van der Waals surface area contributed by atoms with Gasteiger partial charge in [-0.3, -0.25) is 0 Å². The van der Waals surface area contributed by atoms with Gasteiger partial charge in [0.1, 0.15) is 0 Å². The predicted octanol–water partition coefficient (Wildman–Crippen LogP) is 2.31. The molecule has 0 aliphatic heterocycles. The van der Waals surface area contributed by atoms with Crippen molar-refractivity contribution in [2.75, 3.05) is 7.11 Å². The molecule has 0 fully saturated rings. The molecule has 1 rings (SSSR count). The van der Waals surface area contributed by atoms with Crippen molar-refractivity contribution in [1.82, 2.24) is 4.98 Å². The highest BCUT2D eigenvalue weighted by Crippen LogP contribution is 2.28. The van der Waals surface area contributed by atoms with E-state index < -0.39 is 29.6 Å². The second-order valence-corrected chi connectivity index (χ2v) is 2.16. The van der Waals surface area contributed by atoms with Gasteiger partial charge in [-0.05, 0) is 6.07 Å². The molecule has 0 saturated heterocycles. The van der Waals surface area contributed by atoms with E-state index in [1.807, 2.05) is 0 Å². The summed E-state index contributed by atoms with van der Waals surface area (Å²) >= 11 is 0. The van der Waals surface area contributed by atoms with Crippen molar-refractivity contribution in [2.24, 2.45) is 0 Å². The Morgan fingerprint density at radius 1 is 1.38 bits per heavy atom. The summed E-state index contributed by atoms with van der Waals surface area (Å²) in [5, 5.41) is 0. The number of alkyl halides is 2. The Hall–Kier alpha value is -1.33. The van der Waals surface area contributed by atoms with Crippen LogP contribution in [0.4, 0.5) is 17.6 Å². The van der Waals surface area contributed by atoms with E-state index in [4.69, 9.17) is 0 Å². The summed E-state index contributed by atoms with van der Waals surface area (Å²) in [7, 11) is 1.05. The van der Waals surface area contributed by atoms with Crippen LogP contribution in [-0.2, 0) is 0 Å². The standard InChI is InChI=1S/C7H5F4NO/c1-13-7-3(5(9)10)2-4(8)6(11)12-7/h2,5H,1H3. The van der Waals surface area contributed by atoms with Gasteiger partial charge < -0.3 is 4.74 Å². The summed E-state index contributed by atoms with van der Waals surface area (Å²) in [6.07, 6.45) is -2.95. The average Bonchev–Trinajstić information content (AvgIpc) is 2.08. The highest BCUT2D eigenvalue weighted by Gasteiger charge is 2.19. The zero-order chi connectivity index (χ0) is 10.0. The predicted molar refractivity (Wildman–Crippen MR) is 35.7 cm³/mol. The van der Waals surface area contributed by atoms with Gasteiger partial charge in [-0.25, -0.2) is 13.2 Å². The summed E-state index contributed by atoms with van der Waals surface area (Å²) in [5.74, 6) is -3.48. The highest BCUT2D eigenvalue weighted by molar-refractivity contribution is 5.27. The largest absolute Gasteiger partial charge is 0.481 e. The van der Waals surface area contributed by atoms with E-state index in [0.717, 1.165) is 7.11 Å². The van der Waals surface area contributed by atoms with E-state index in [1.54, 1.807) is 0 Å². The van der Waals surface area contributed by atoms with Gasteiger partial charge in [0.15, 0.2) is 5.82 Å². The van der Waals surface area contributed by atoms with Crippen LogP contribution < -0.4 is 4.74 Å². The summed E-state index contributed by atoms with van der Waals surface area (Å²) in [4.78, 5) is 2.87. The zero-order valence-corrected chi connectivity index (χ0v) is 6.52. The van der Waals surface area contributed by atoms with Gasteiger partial charge >= 0.3 is 0 Å². The van der Waals surface area contributed by atoms with Crippen molar-refractivity contribution in [3.8, 4) is 5.88 Å². The topological polar surface area (TPSA) is 22.1 Å². The first-order chi connectivity index (χ1) is 6.06. The quantitative estimate of drug-likeness (QED) is 0.533. The maximum atomic E-state index is 12.4. The Labute approximate surface area is 71.2 Å². The summed E-state index contributed by atoms with van der Waals surface area (Å²) in [5.41, 5.74) is -0.763. The average molecular weight is 195 g/mol. The third-order valence-corrected chi connectivity index (χ3v) is 1.35. The summed E-state index contributed by atoms with van der Waals surface area (Å²) in [6.45, 7) is 0. The molecule has 0 radical (unpaired) electrons. The first-order valence-corrected chi connectivity index (χ1v) is 3.24. The van der Waals surface area contributed by atoms with Gasteiger partial charge in [0, 0.05) is 0 Å². The minimum absolute atomic E-state index is 0.367. The zero-order valence-electron chi connectivity index (χ0n) is 6.52. The molecular weight excluding hydrogens is 190 g/mol. The molecule has 0 aliphatic rings. The Kier molecular flexibility index (Phi) is 2.69. The lowest BCUT2D eigenvalue weighted by Crippen LogP contribution is -2.00. The number of pyridine rings is 1. The molecule has 0 N–H and O–H groups in total. The fraction of sp³-hybridized carbons (Fsp3) is 0.286. The lowest BCUT2D eigenvalue weighted by Gasteiger charge is -2.06. The molecule has 72 valence electrons. The van der Waals surface area contributed by atoms with Crippen molar-refractivity contribution in [3.05, 3.63) is 23.4 Å². The first kappa shape index (κ1) is 9.76. The summed E-state index contributed by atoms with van der Waals surface area (Å²) < 4.78 is 53.4. The molecule has 13 heavy (non-hydrogen) atoms. The van der Waals surface area contributed by atoms with E-state index in [-0.39, 0.29) is 0 Å². The Morgan fingerprint density at radius 3 is 2.46 bits per heavy atom. The Morgan fingerprint density at radius 2 is 2.00 bits per heavy atom. The Balaban J connectivity index is 3.25. The SMILES string of the molecule is COc1nc(F)c(F)cc1C(F)F. The van der Waals surface area contributed by atoms with Crippen LogP contribution in [-0.4, -0.2) is 12.1 Å². The second kappa shape index (κ2) is 3.59. The first-order valence-electron chi connectivity index (χ1n) is 3.24. The molecular formula is C7H5F4NO. The number of aromatic nitrogens is 1. The van der Waals surface area contributed by atoms with Crippen molar-refractivity contribution in [2.45, 2.75) is 6.43 Å². The van der Waals surface area contributed by atoms with Gasteiger partial charge in [0.05, 0.1) is 12.7 Å². The van der Waals surface area contributed by atoms with Gasteiger partial charge in [0.25, 0.3) is 12.4 Å². The molecule has 0 bridgehead atoms. The van der Waals surface area contributed by atoms with E-state index in [1.165, 1.54) is 0 Å².